The summed E-state index contributed by atoms with van der Waals surface area (Å²) in [6.45, 7) is 3.38. The van der Waals surface area contributed by atoms with E-state index in [4.69, 9.17) is 4.74 Å². The van der Waals surface area contributed by atoms with Crippen molar-refractivity contribution >= 4 is 0 Å². The Hall–Kier alpha value is -0.0400. The first kappa shape index (κ1) is 8.55. The average molecular weight is 168 g/mol. The van der Waals surface area contributed by atoms with E-state index < -0.39 is 0 Å². The fraction of sp³-hybridized carbons (Fsp3) is 1.00. The van der Waals surface area contributed by atoms with Crippen molar-refractivity contribution in [2.45, 2.75) is 39.0 Å². The van der Waals surface area contributed by atoms with Gasteiger partial charge in [0.15, 0.2) is 0 Å². The van der Waals surface area contributed by atoms with E-state index >= 15 is 0 Å². The van der Waals surface area contributed by atoms with Gasteiger partial charge in [-0.2, -0.15) is 0 Å². The Labute approximate surface area is 75.5 Å². The third-order valence-electron chi connectivity index (χ3n) is 3.77. The molecule has 0 heterocycles. The molecular formula is C11H20O. The lowest BCUT2D eigenvalue weighted by Gasteiger charge is -2.44. The van der Waals surface area contributed by atoms with Crippen molar-refractivity contribution in [1.29, 1.82) is 0 Å². The summed E-state index contributed by atoms with van der Waals surface area (Å²) in [5.74, 6) is 1.88. The van der Waals surface area contributed by atoms with Crippen LogP contribution in [0.5, 0.6) is 0 Å². The fourth-order valence-corrected chi connectivity index (χ4v) is 3.49. The lowest BCUT2D eigenvalue weighted by molar-refractivity contribution is 0.0606. The SMILES string of the molecule is COCC1CCC2(CC(C)C2)C1. The van der Waals surface area contributed by atoms with Gasteiger partial charge in [-0.25, -0.2) is 0 Å². The van der Waals surface area contributed by atoms with Gasteiger partial charge in [-0.1, -0.05) is 6.92 Å². The van der Waals surface area contributed by atoms with Crippen LogP contribution in [-0.4, -0.2) is 13.7 Å². The topological polar surface area (TPSA) is 9.23 Å². The van der Waals surface area contributed by atoms with Crippen LogP contribution in [0.2, 0.25) is 0 Å². The molecule has 0 bridgehead atoms. The zero-order valence-electron chi connectivity index (χ0n) is 8.31. The Balaban J connectivity index is 1.82. The van der Waals surface area contributed by atoms with E-state index in [0.717, 1.165) is 23.9 Å². The Morgan fingerprint density at radius 2 is 2.08 bits per heavy atom. The predicted molar refractivity (Wildman–Crippen MR) is 50.0 cm³/mol. The van der Waals surface area contributed by atoms with Crippen molar-refractivity contribution in [1.82, 2.24) is 0 Å². The zero-order valence-corrected chi connectivity index (χ0v) is 8.31. The molecule has 1 heteroatoms. The molecule has 2 aliphatic rings. The molecule has 1 atom stereocenters. The molecule has 2 aliphatic carbocycles. The minimum atomic E-state index is 0.780. The van der Waals surface area contributed by atoms with Crippen LogP contribution in [0.15, 0.2) is 0 Å². The normalized spacial score (nSPS) is 46.5. The quantitative estimate of drug-likeness (QED) is 0.616. The van der Waals surface area contributed by atoms with Crippen LogP contribution in [0, 0.1) is 17.3 Å². The van der Waals surface area contributed by atoms with Gasteiger partial charge in [0, 0.05) is 13.7 Å². The van der Waals surface area contributed by atoms with Crippen LogP contribution in [0.1, 0.15) is 39.0 Å². The van der Waals surface area contributed by atoms with Crippen molar-refractivity contribution < 1.29 is 4.74 Å². The standard InChI is InChI=1S/C11H20O/c1-9-5-11(6-9)4-3-10(7-11)8-12-2/h9-10H,3-8H2,1-2H3. The van der Waals surface area contributed by atoms with Gasteiger partial charge in [-0.15, -0.1) is 0 Å². The van der Waals surface area contributed by atoms with Crippen molar-refractivity contribution in [3.63, 3.8) is 0 Å². The maximum absolute atomic E-state index is 5.21. The summed E-state index contributed by atoms with van der Waals surface area (Å²) < 4.78 is 5.21. The smallest absolute Gasteiger partial charge is 0.0490 e. The highest BCUT2D eigenvalue weighted by atomic mass is 16.5. The van der Waals surface area contributed by atoms with Crippen LogP contribution < -0.4 is 0 Å². The number of ether oxygens (including phenoxy) is 1. The average Bonchev–Trinajstić information content (AvgIpc) is 2.33. The molecule has 1 spiro atoms. The van der Waals surface area contributed by atoms with Gasteiger partial charge < -0.3 is 4.74 Å². The molecule has 0 saturated heterocycles. The molecule has 2 fully saturated rings. The van der Waals surface area contributed by atoms with E-state index in [-0.39, 0.29) is 0 Å². The van der Waals surface area contributed by atoms with Gasteiger partial charge in [0.05, 0.1) is 0 Å². The molecule has 1 nitrogen and oxygen atoms in total. The second kappa shape index (κ2) is 3.02. The van der Waals surface area contributed by atoms with Gasteiger partial charge in [-0.05, 0) is 49.4 Å². The van der Waals surface area contributed by atoms with Crippen LogP contribution in [-0.2, 0) is 4.74 Å². The molecule has 0 amide bonds. The third-order valence-corrected chi connectivity index (χ3v) is 3.77. The van der Waals surface area contributed by atoms with Crippen molar-refractivity contribution in [3.05, 3.63) is 0 Å². The van der Waals surface area contributed by atoms with E-state index in [0.29, 0.717) is 0 Å². The molecule has 2 rings (SSSR count). The summed E-state index contributed by atoms with van der Waals surface area (Å²) in [7, 11) is 1.83. The highest BCUT2D eigenvalue weighted by molar-refractivity contribution is 4.97. The molecule has 0 radical (unpaired) electrons. The van der Waals surface area contributed by atoms with E-state index in [1.807, 2.05) is 7.11 Å². The molecule has 0 aromatic heterocycles. The maximum Gasteiger partial charge on any atom is 0.0490 e. The number of rotatable bonds is 2. The van der Waals surface area contributed by atoms with E-state index in [2.05, 4.69) is 6.92 Å². The van der Waals surface area contributed by atoms with Gasteiger partial charge in [0.1, 0.15) is 0 Å². The van der Waals surface area contributed by atoms with Gasteiger partial charge >= 0.3 is 0 Å². The first-order valence-corrected chi connectivity index (χ1v) is 5.23. The Kier molecular flexibility index (Phi) is 2.16. The molecule has 12 heavy (non-hydrogen) atoms. The first-order chi connectivity index (χ1) is 5.74. The second-order valence-electron chi connectivity index (χ2n) is 5.08. The summed E-state index contributed by atoms with van der Waals surface area (Å²) in [5, 5.41) is 0. The molecule has 0 aliphatic heterocycles. The molecule has 2 saturated carbocycles. The fourth-order valence-electron chi connectivity index (χ4n) is 3.49. The second-order valence-corrected chi connectivity index (χ2v) is 5.08. The predicted octanol–water partition coefficient (Wildman–Crippen LogP) is 2.85. The van der Waals surface area contributed by atoms with E-state index in [1.165, 1.54) is 32.1 Å². The Bertz CT molecular complexity index is 158. The zero-order chi connectivity index (χ0) is 8.60. The lowest BCUT2D eigenvalue weighted by Crippen LogP contribution is -2.33. The van der Waals surface area contributed by atoms with Gasteiger partial charge in [0.25, 0.3) is 0 Å². The summed E-state index contributed by atoms with van der Waals surface area (Å²) in [6, 6.07) is 0. The van der Waals surface area contributed by atoms with Crippen LogP contribution >= 0.6 is 0 Å². The molecule has 70 valence electrons. The molecule has 1 unspecified atom stereocenters. The molecule has 0 aromatic carbocycles. The van der Waals surface area contributed by atoms with Gasteiger partial charge in [0.2, 0.25) is 0 Å². The number of methoxy groups -OCH3 is 1. The van der Waals surface area contributed by atoms with Crippen molar-refractivity contribution in [3.8, 4) is 0 Å². The monoisotopic (exact) mass is 168 g/mol. The largest absolute Gasteiger partial charge is 0.384 e. The maximum atomic E-state index is 5.21. The first-order valence-electron chi connectivity index (χ1n) is 5.23. The van der Waals surface area contributed by atoms with Crippen molar-refractivity contribution in [2.75, 3.05) is 13.7 Å². The van der Waals surface area contributed by atoms with E-state index in [1.54, 1.807) is 0 Å². The molecule has 0 aromatic rings. The molecular weight excluding hydrogens is 148 g/mol. The Morgan fingerprint density at radius 3 is 2.67 bits per heavy atom. The van der Waals surface area contributed by atoms with E-state index in [9.17, 15) is 0 Å². The summed E-state index contributed by atoms with van der Waals surface area (Å²) in [5.41, 5.74) is 0.780. The summed E-state index contributed by atoms with van der Waals surface area (Å²) in [6.07, 6.45) is 7.33. The minimum Gasteiger partial charge on any atom is -0.384 e. The Morgan fingerprint density at radius 1 is 1.33 bits per heavy atom. The number of hydrogen-bond donors (Lipinski definition) is 0. The third kappa shape index (κ3) is 1.39. The highest BCUT2D eigenvalue weighted by Crippen LogP contribution is 2.57. The van der Waals surface area contributed by atoms with Crippen LogP contribution in [0.4, 0.5) is 0 Å². The molecule has 0 N–H and O–H groups in total. The van der Waals surface area contributed by atoms with Crippen LogP contribution in [0.3, 0.4) is 0 Å². The summed E-state index contributed by atoms with van der Waals surface area (Å²) in [4.78, 5) is 0. The highest BCUT2D eigenvalue weighted by Gasteiger charge is 2.46. The summed E-state index contributed by atoms with van der Waals surface area (Å²) >= 11 is 0. The van der Waals surface area contributed by atoms with Gasteiger partial charge in [-0.3, -0.25) is 0 Å². The minimum absolute atomic E-state index is 0.780. The lowest BCUT2D eigenvalue weighted by atomic mass is 9.61. The van der Waals surface area contributed by atoms with Crippen molar-refractivity contribution in [2.24, 2.45) is 17.3 Å². The van der Waals surface area contributed by atoms with Crippen LogP contribution in [0.25, 0.3) is 0 Å². The number of hydrogen-bond acceptors (Lipinski definition) is 1.